The van der Waals surface area contributed by atoms with Crippen LogP contribution in [0.2, 0.25) is 0 Å². The predicted octanol–water partition coefficient (Wildman–Crippen LogP) is 2.62. The Labute approximate surface area is 91.6 Å². The zero-order valence-electron chi connectivity index (χ0n) is 8.45. The van der Waals surface area contributed by atoms with Crippen LogP contribution in [0, 0.1) is 12.7 Å². The summed E-state index contributed by atoms with van der Waals surface area (Å²) in [4.78, 5) is 0. The van der Waals surface area contributed by atoms with Gasteiger partial charge in [0.05, 0.1) is 11.6 Å². The highest BCUT2D eigenvalue weighted by atomic mass is 79.9. The van der Waals surface area contributed by atoms with E-state index in [1.165, 1.54) is 6.07 Å². The van der Waals surface area contributed by atoms with Crippen LogP contribution in [-0.4, -0.2) is 14.2 Å². The molecule has 0 aliphatic carbocycles. The molecule has 1 aromatic carbocycles. The van der Waals surface area contributed by atoms with Crippen molar-refractivity contribution >= 4 is 15.9 Å². The van der Waals surface area contributed by atoms with E-state index in [4.69, 9.17) is 4.74 Å². The first-order chi connectivity index (χ1) is 6.61. The molecular formula is C10H13BrFNO. The summed E-state index contributed by atoms with van der Waals surface area (Å²) >= 11 is 3.27. The van der Waals surface area contributed by atoms with E-state index in [9.17, 15) is 4.39 Å². The Balaban J connectivity index is 3.32. The Kier molecular flexibility index (Phi) is 3.89. The van der Waals surface area contributed by atoms with Gasteiger partial charge < -0.3 is 10.1 Å². The van der Waals surface area contributed by atoms with Crippen molar-refractivity contribution in [1.82, 2.24) is 5.32 Å². The Bertz CT molecular complexity index is 341. The molecule has 0 unspecified atom stereocenters. The van der Waals surface area contributed by atoms with Crippen LogP contribution < -0.4 is 10.1 Å². The van der Waals surface area contributed by atoms with Gasteiger partial charge >= 0.3 is 0 Å². The monoisotopic (exact) mass is 261 g/mol. The quantitative estimate of drug-likeness (QED) is 0.904. The number of nitrogens with one attached hydrogen (secondary N) is 1. The normalized spacial score (nSPS) is 10.4. The molecule has 0 spiro atoms. The molecule has 2 nitrogen and oxygen atoms in total. The summed E-state index contributed by atoms with van der Waals surface area (Å²) in [6, 6.07) is 1.42. The molecule has 0 fully saturated rings. The fourth-order valence-electron chi connectivity index (χ4n) is 1.35. The van der Waals surface area contributed by atoms with E-state index in [-0.39, 0.29) is 5.82 Å². The summed E-state index contributed by atoms with van der Waals surface area (Å²) in [6.07, 6.45) is 0. The van der Waals surface area contributed by atoms with Gasteiger partial charge in [-0.05, 0) is 41.5 Å². The molecule has 0 amide bonds. The zero-order chi connectivity index (χ0) is 10.7. The molecule has 0 saturated heterocycles. The van der Waals surface area contributed by atoms with E-state index in [0.29, 0.717) is 22.3 Å². The average molecular weight is 262 g/mol. The highest BCUT2D eigenvalue weighted by Crippen LogP contribution is 2.32. The highest BCUT2D eigenvalue weighted by Gasteiger charge is 2.13. The number of methoxy groups -OCH3 is 1. The summed E-state index contributed by atoms with van der Waals surface area (Å²) in [6.45, 7) is 2.34. The van der Waals surface area contributed by atoms with Crippen molar-refractivity contribution < 1.29 is 9.13 Å². The maximum atomic E-state index is 13.4. The molecule has 0 radical (unpaired) electrons. The Morgan fingerprint density at radius 2 is 2.21 bits per heavy atom. The third-order valence-corrected chi connectivity index (χ3v) is 2.70. The molecule has 1 aromatic rings. The Hall–Kier alpha value is -0.610. The maximum Gasteiger partial charge on any atom is 0.137 e. The maximum absolute atomic E-state index is 13.4. The zero-order valence-corrected chi connectivity index (χ0v) is 10.0. The standard InChI is InChI=1S/C10H13BrFNO/c1-6-7(5-13-2)10(14-3)8(11)4-9(6)12/h4,13H,5H2,1-3H3. The van der Waals surface area contributed by atoms with Gasteiger partial charge in [0.2, 0.25) is 0 Å². The first-order valence-corrected chi connectivity index (χ1v) is 5.07. The molecular weight excluding hydrogens is 249 g/mol. The molecule has 0 saturated carbocycles. The van der Waals surface area contributed by atoms with E-state index in [1.54, 1.807) is 14.0 Å². The number of benzene rings is 1. The van der Waals surface area contributed by atoms with Crippen LogP contribution in [0.25, 0.3) is 0 Å². The molecule has 1 N–H and O–H groups in total. The summed E-state index contributed by atoms with van der Waals surface area (Å²) in [5, 5.41) is 2.99. The lowest BCUT2D eigenvalue weighted by Gasteiger charge is -2.13. The van der Waals surface area contributed by atoms with E-state index in [0.717, 1.165) is 5.56 Å². The van der Waals surface area contributed by atoms with Gasteiger partial charge in [-0.25, -0.2) is 4.39 Å². The molecule has 0 atom stereocenters. The smallest absolute Gasteiger partial charge is 0.137 e. The van der Waals surface area contributed by atoms with Crippen molar-refractivity contribution in [3.8, 4) is 5.75 Å². The van der Waals surface area contributed by atoms with E-state index < -0.39 is 0 Å². The van der Waals surface area contributed by atoms with Gasteiger partial charge in [0.1, 0.15) is 11.6 Å². The van der Waals surface area contributed by atoms with Crippen molar-refractivity contribution in [1.29, 1.82) is 0 Å². The minimum Gasteiger partial charge on any atom is -0.495 e. The predicted molar refractivity (Wildman–Crippen MR) is 58.2 cm³/mol. The first-order valence-electron chi connectivity index (χ1n) is 4.27. The highest BCUT2D eigenvalue weighted by molar-refractivity contribution is 9.10. The first kappa shape index (κ1) is 11.5. The van der Waals surface area contributed by atoms with Crippen molar-refractivity contribution in [2.45, 2.75) is 13.5 Å². The van der Waals surface area contributed by atoms with Crippen molar-refractivity contribution in [2.24, 2.45) is 0 Å². The van der Waals surface area contributed by atoms with Gasteiger partial charge in [-0.1, -0.05) is 0 Å². The van der Waals surface area contributed by atoms with Gasteiger partial charge in [0, 0.05) is 12.1 Å². The summed E-state index contributed by atoms with van der Waals surface area (Å²) in [7, 11) is 3.40. The van der Waals surface area contributed by atoms with Crippen LogP contribution in [0.15, 0.2) is 10.5 Å². The molecule has 0 heterocycles. The van der Waals surface area contributed by atoms with Gasteiger partial charge in [0.25, 0.3) is 0 Å². The summed E-state index contributed by atoms with van der Waals surface area (Å²) < 4.78 is 19.2. The van der Waals surface area contributed by atoms with Gasteiger partial charge in [-0.3, -0.25) is 0 Å². The number of rotatable bonds is 3. The second-order valence-corrected chi connectivity index (χ2v) is 3.86. The average Bonchev–Trinajstić information content (AvgIpc) is 2.14. The van der Waals surface area contributed by atoms with Crippen LogP contribution >= 0.6 is 15.9 Å². The van der Waals surface area contributed by atoms with Crippen LogP contribution in [0.1, 0.15) is 11.1 Å². The molecule has 1 rings (SSSR count). The van der Waals surface area contributed by atoms with Gasteiger partial charge in [-0.15, -0.1) is 0 Å². The van der Waals surface area contributed by atoms with Crippen LogP contribution in [0.3, 0.4) is 0 Å². The SMILES string of the molecule is CNCc1c(C)c(F)cc(Br)c1OC. The second kappa shape index (κ2) is 4.75. The van der Waals surface area contributed by atoms with Crippen molar-refractivity contribution in [2.75, 3.05) is 14.2 Å². The number of hydrogen-bond acceptors (Lipinski definition) is 2. The molecule has 4 heteroatoms. The minimum absolute atomic E-state index is 0.220. The summed E-state index contributed by atoms with van der Waals surface area (Å²) in [5.41, 5.74) is 1.47. The lowest BCUT2D eigenvalue weighted by Crippen LogP contribution is -2.09. The molecule has 0 aromatic heterocycles. The summed E-state index contributed by atoms with van der Waals surface area (Å²) in [5.74, 6) is 0.473. The van der Waals surface area contributed by atoms with Gasteiger partial charge in [-0.2, -0.15) is 0 Å². The molecule has 0 aliphatic rings. The topological polar surface area (TPSA) is 21.3 Å². The second-order valence-electron chi connectivity index (χ2n) is 3.01. The largest absolute Gasteiger partial charge is 0.495 e. The molecule has 14 heavy (non-hydrogen) atoms. The van der Waals surface area contributed by atoms with E-state index >= 15 is 0 Å². The van der Waals surface area contributed by atoms with Crippen LogP contribution in [-0.2, 0) is 6.54 Å². The Morgan fingerprint density at radius 3 is 2.71 bits per heavy atom. The fraction of sp³-hybridized carbons (Fsp3) is 0.400. The lowest BCUT2D eigenvalue weighted by molar-refractivity contribution is 0.403. The minimum atomic E-state index is -0.220. The third kappa shape index (κ3) is 2.07. The van der Waals surface area contributed by atoms with Crippen molar-refractivity contribution in [3.05, 3.63) is 27.5 Å². The lowest BCUT2D eigenvalue weighted by atomic mass is 10.1. The van der Waals surface area contributed by atoms with E-state index in [2.05, 4.69) is 21.2 Å². The van der Waals surface area contributed by atoms with Gasteiger partial charge in [0.15, 0.2) is 0 Å². The van der Waals surface area contributed by atoms with E-state index in [1.807, 2.05) is 7.05 Å². The number of hydrogen-bond donors (Lipinski definition) is 1. The molecule has 78 valence electrons. The Morgan fingerprint density at radius 1 is 1.57 bits per heavy atom. The number of ether oxygens (including phenoxy) is 1. The van der Waals surface area contributed by atoms with Crippen molar-refractivity contribution in [3.63, 3.8) is 0 Å². The number of halogens is 2. The third-order valence-electron chi connectivity index (χ3n) is 2.11. The molecule has 0 aliphatic heterocycles. The fourth-order valence-corrected chi connectivity index (χ4v) is 1.96. The van der Waals surface area contributed by atoms with Crippen LogP contribution in [0.4, 0.5) is 4.39 Å². The van der Waals surface area contributed by atoms with Crippen LogP contribution in [0.5, 0.6) is 5.75 Å². The molecule has 0 bridgehead atoms.